The highest BCUT2D eigenvalue weighted by atomic mass is 35.5. The number of fused-ring (bicyclic) bond motifs is 1. The van der Waals surface area contributed by atoms with E-state index in [2.05, 4.69) is 11.4 Å². The highest BCUT2D eigenvalue weighted by Gasteiger charge is 2.24. The minimum Gasteiger partial charge on any atom is -0.325 e. The number of carbonyl (C=O) groups excluding carboxylic acids is 1. The zero-order chi connectivity index (χ0) is 13.2. The van der Waals surface area contributed by atoms with Crippen LogP contribution in [0.4, 0.5) is 5.69 Å². The molecular weight excluding hydrogens is 258 g/mol. The second-order valence-electron chi connectivity index (χ2n) is 4.79. The molecule has 2 aromatic carbocycles. The minimum atomic E-state index is -0.107. The van der Waals surface area contributed by atoms with Gasteiger partial charge in [-0.25, -0.2) is 0 Å². The molecule has 3 heteroatoms. The van der Waals surface area contributed by atoms with Crippen molar-refractivity contribution in [3.05, 3.63) is 64.7 Å². The van der Waals surface area contributed by atoms with Crippen molar-refractivity contribution in [1.29, 1.82) is 0 Å². The van der Waals surface area contributed by atoms with E-state index in [-0.39, 0.29) is 11.8 Å². The summed E-state index contributed by atoms with van der Waals surface area (Å²) >= 11 is 5.89. The van der Waals surface area contributed by atoms with Gasteiger partial charge in [0.15, 0.2) is 0 Å². The molecule has 2 aromatic rings. The molecule has 1 amide bonds. The molecule has 0 saturated carbocycles. The van der Waals surface area contributed by atoms with Crippen molar-refractivity contribution in [2.24, 2.45) is 0 Å². The van der Waals surface area contributed by atoms with Crippen LogP contribution >= 0.6 is 11.6 Å². The van der Waals surface area contributed by atoms with Crippen molar-refractivity contribution in [3.8, 4) is 0 Å². The molecule has 19 heavy (non-hydrogen) atoms. The summed E-state index contributed by atoms with van der Waals surface area (Å²) in [6, 6.07) is 15.5. The predicted octanol–water partition coefficient (Wildman–Crippen LogP) is 4.01. The Morgan fingerprint density at radius 1 is 1.05 bits per heavy atom. The molecule has 1 aliphatic heterocycles. The fourth-order valence-electron chi connectivity index (χ4n) is 2.52. The molecule has 0 radical (unpaired) electrons. The summed E-state index contributed by atoms with van der Waals surface area (Å²) in [4.78, 5) is 12.3. The number of para-hydroxylation sites is 1. The molecule has 1 aliphatic rings. The first-order chi connectivity index (χ1) is 9.24. The average Bonchev–Trinajstić information content (AvgIpc) is 2.58. The van der Waals surface area contributed by atoms with Crippen molar-refractivity contribution in [2.75, 3.05) is 5.32 Å². The molecule has 0 saturated heterocycles. The third-order valence-corrected chi connectivity index (χ3v) is 3.82. The van der Waals surface area contributed by atoms with E-state index < -0.39 is 0 Å². The third-order valence-electron chi connectivity index (χ3n) is 3.57. The summed E-state index contributed by atoms with van der Waals surface area (Å²) in [5.74, 6) is -0.0445. The molecule has 1 atom stereocenters. The monoisotopic (exact) mass is 271 g/mol. The Labute approximate surface area is 117 Å². The van der Waals surface area contributed by atoms with Gasteiger partial charge in [-0.05, 0) is 42.2 Å². The highest BCUT2D eigenvalue weighted by Crippen LogP contribution is 2.30. The number of hydrogen-bond acceptors (Lipinski definition) is 1. The zero-order valence-corrected chi connectivity index (χ0v) is 11.2. The van der Waals surface area contributed by atoms with Crippen LogP contribution < -0.4 is 5.32 Å². The molecule has 0 spiro atoms. The fourth-order valence-corrected chi connectivity index (χ4v) is 2.65. The molecule has 0 unspecified atom stereocenters. The maximum absolute atomic E-state index is 12.3. The summed E-state index contributed by atoms with van der Waals surface area (Å²) in [5, 5.41) is 3.71. The van der Waals surface area contributed by atoms with Crippen molar-refractivity contribution < 1.29 is 4.79 Å². The van der Waals surface area contributed by atoms with Gasteiger partial charge in [-0.2, -0.15) is 0 Å². The van der Waals surface area contributed by atoms with Gasteiger partial charge in [0.05, 0.1) is 5.92 Å². The average molecular weight is 272 g/mol. The molecule has 3 rings (SSSR count). The number of aryl methyl sites for hydroxylation is 1. The Bertz CT molecular complexity index is 606. The Kier molecular flexibility index (Phi) is 3.26. The van der Waals surface area contributed by atoms with Gasteiger partial charge in [0, 0.05) is 10.7 Å². The molecule has 2 nitrogen and oxygen atoms in total. The summed E-state index contributed by atoms with van der Waals surface area (Å²) in [5.41, 5.74) is 3.16. The van der Waals surface area contributed by atoms with Crippen LogP contribution in [0.15, 0.2) is 48.5 Å². The SMILES string of the molecule is O=C1Nc2ccccc2CC[C@H]1c1ccc(Cl)cc1. The van der Waals surface area contributed by atoms with Crippen LogP contribution in [-0.4, -0.2) is 5.91 Å². The number of nitrogens with one attached hydrogen (secondary N) is 1. The van der Waals surface area contributed by atoms with E-state index in [1.54, 1.807) is 0 Å². The molecule has 96 valence electrons. The van der Waals surface area contributed by atoms with Gasteiger partial charge in [0.25, 0.3) is 0 Å². The molecule has 0 bridgehead atoms. The van der Waals surface area contributed by atoms with Crippen molar-refractivity contribution >= 4 is 23.2 Å². The summed E-state index contributed by atoms with van der Waals surface area (Å²) in [6.07, 6.45) is 1.73. The Morgan fingerprint density at radius 3 is 2.58 bits per heavy atom. The van der Waals surface area contributed by atoms with Gasteiger partial charge in [0.2, 0.25) is 5.91 Å². The first-order valence-corrected chi connectivity index (χ1v) is 6.76. The van der Waals surface area contributed by atoms with Gasteiger partial charge in [-0.3, -0.25) is 4.79 Å². The van der Waals surface area contributed by atoms with Gasteiger partial charge >= 0.3 is 0 Å². The number of rotatable bonds is 1. The molecule has 0 aliphatic carbocycles. The Hall–Kier alpha value is -1.80. The van der Waals surface area contributed by atoms with Crippen LogP contribution in [0.25, 0.3) is 0 Å². The van der Waals surface area contributed by atoms with Crippen molar-refractivity contribution in [3.63, 3.8) is 0 Å². The lowest BCUT2D eigenvalue weighted by Crippen LogP contribution is -2.19. The van der Waals surface area contributed by atoms with Crippen LogP contribution in [0.2, 0.25) is 5.02 Å². The van der Waals surface area contributed by atoms with Gasteiger partial charge in [0.1, 0.15) is 0 Å². The number of amides is 1. The summed E-state index contributed by atoms with van der Waals surface area (Å²) in [7, 11) is 0. The van der Waals surface area contributed by atoms with Crippen LogP contribution in [0, 0.1) is 0 Å². The smallest absolute Gasteiger partial charge is 0.231 e. The van der Waals surface area contributed by atoms with Crippen LogP contribution in [0.3, 0.4) is 0 Å². The van der Waals surface area contributed by atoms with Gasteiger partial charge < -0.3 is 5.32 Å². The molecular formula is C16H14ClNO. The van der Waals surface area contributed by atoms with E-state index in [0.29, 0.717) is 5.02 Å². The Morgan fingerprint density at radius 2 is 1.79 bits per heavy atom. The zero-order valence-electron chi connectivity index (χ0n) is 10.4. The van der Waals surface area contributed by atoms with E-state index in [1.807, 2.05) is 42.5 Å². The number of benzene rings is 2. The Balaban J connectivity index is 1.90. The molecule has 1 N–H and O–H groups in total. The van der Waals surface area contributed by atoms with E-state index in [0.717, 1.165) is 24.1 Å². The normalized spacial score (nSPS) is 18.4. The maximum Gasteiger partial charge on any atom is 0.231 e. The number of hydrogen-bond donors (Lipinski definition) is 1. The lowest BCUT2D eigenvalue weighted by molar-refractivity contribution is -0.117. The predicted molar refractivity (Wildman–Crippen MR) is 77.6 cm³/mol. The molecule has 0 aromatic heterocycles. The topological polar surface area (TPSA) is 29.1 Å². The lowest BCUT2D eigenvalue weighted by atomic mass is 9.93. The van der Waals surface area contributed by atoms with Crippen LogP contribution in [-0.2, 0) is 11.2 Å². The second-order valence-corrected chi connectivity index (χ2v) is 5.23. The lowest BCUT2D eigenvalue weighted by Gasteiger charge is -2.13. The first-order valence-electron chi connectivity index (χ1n) is 6.38. The molecule has 0 fully saturated rings. The number of halogens is 1. The van der Waals surface area contributed by atoms with Crippen molar-refractivity contribution in [1.82, 2.24) is 0 Å². The van der Waals surface area contributed by atoms with Crippen LogP contribution in [0.1, 0.15) is 23.5 Å². The van der Waals surface area contributed by atoms with Crippen LogP contribution in [0.5, 0.6) is 0 Å². The maximum atomic E-state index is 12.3. The minimum absolute atomic E-state index is 0.0623. The summed E-state index contributed by atoms with van der Waals surface area (Å²) in [6.45, 7) is 0. The van der Waals surface area contributed by atoms with E-state index in [4.69, 9.17) is 11.6 Å². The number of carbonyl (C=O) groups is 1. The van der Waals surface area contributed by atoms with Gasteiger partial charge in [-0.15, -0.1) is 0 Å². The first kappa shape index (κ1) is 12.2. The quantitative estimate of drug-likeness (QED) is 0.834. The molecule has 1 heterocycles. The van der Waals surface area contributed by atoms with E-state index in [1.165, 1.54) is 5.56 Å². The fraction of sp³-hybridized carbons (Fsp3) is 0.188. The standard InChI is InChI=1S/C16H14ClNO/c17-13-8-5-11(6-9-13)14-10-7-12-3-1-2-4-15(12)18-16(14)19/h1-6,8-9,14H,7,10H2,(H,18,19)/t14-/m0/s1. The second kappa shape index (κ2) is 5.06. The highest BCUT2D eigenvalue weighted by molar-refractivity contribution is 6.30. The van der Waals surface area contributed by atoms with Crippen molar-refractivity contribution in [2.45, 2.75) is 18.8 Å². The largest absolute Gasteiger partial charge is 0.325 e. The van der Waals surface area contributed by atoms with Gasteiger partial charge in [-0.1, -0.05) is 41.9 Å². The van der Waals surface area contributed by atoms with E-state index in [9.17, 15) is 4.79 Å². The third kappa shape index (κ3) is 2.49. The summed E-state index contributed by atoms with van der Waals surface area (Å²) < 4.78 is 0. The van der Waals surface area contributed by atoms with E-state index >= 15 is 0 Å². The number of anilines is 1.